The monoisotopic (exact) mass is 258 g/mol. The summed E-state index contributed by atoms with van der Waals surface area (Å²) in [5.41, 5.74) is 0. The van der Waals surface area contributed by atoms with Crippen LogP contribution in [0.15, 0.2) is 0 Å². The van der Waals surface area contributed by atoms with Crippen LogP contribution in [0.4, 0.5) is 0 Å². The minimum absolute atomic E-state index is 0.111. The fraction of sp³-hybridized carbons (Fsp3) is 0.929. The van der Waals surface area contributed by atoms with E-state index in [1.54, 1.807) is 0 Å². The zero-order chi connectivity index (χ0) is 13.6. The Morgan fingerprint density at radius 3 is 2.56 bits per heavy atom. The lowest BCUT2D eigenvalue weighted by Crippen LogP contribution is -2.35. The van der Waals surface area contributed by atoms with Gasteiger partial charge in [0, 0.05) is 26.1 Å². The highest BCUT2D eigenvalue weighted by Crippen LogP contribution is 2.04. The Balaban J connectivity index is 3.24. The van der Waals surface area contributed by atoms with Crippen molar-refractivity contribution in [1.82, 2.24) is 10.6 Å². The van der Waals surface area contributed by atoms with E-state index < -0.39 is 0 Å². The van der Waals surface area contributed by atoms with Crippen molar-refractivity contribution >= 4 is 5.91 Å². The van der Waals surface area contributed by atoms with E-state index >= 15 is 0 Å². The molecule has 0 spiro atoms. The van der Waals surface area contributed by atoms with Gasteiger partial charge in [0.25, 0.3) is 0 Å². The molecule has 0 aromatic carbocycles. The number of unbranched alkanes of at least 4 members (excludes halogenated alkanes) is 3. The Labute approximate surface area is 112 Å². The summed E-state index contributed by atoms with van der Waals surface area (Å²) in [6.45, 7) is 6.16. The summed E-state index contributed by atoms with van der Waals surface area (Å²) in [7, 11) is 0. The molecule has 0 saturated carbocycles. The van der Waals surface area contributed by atoms with Gasteiger partial charge in [0.15, 0.2) is 0 Å². The Morgan fingerprint density at radius 2 is 1.89 bits per heavy atom. The van der Waals surface area contributed by atoms with Crippen LogP contribution in [0, 0.1) is 0 Å². The maximum atomic E-state index is 11.2. The first kappa shape index (κ1) is 17.4. The van der Waals surface area contributed by atoms with Gasteiger partial charge < -0.3 is 15.7 Å². The second-order valence-corrected chi connectivity index (χ2v) is 4.81. The molecule has 0 fully saturated rings. The highest BCUT2D eigenvalue weighted by molar-refractivity contribution is 5.75. The molecule has 0 aliphatic carbocycles. The van der Waals surface area contributed by atoms with Crippen LogP contribution in [0.3, 0.4) is 0 Å². The van der Waals surface area contributed by atoms with E-state index in [4.69, 9.17) is 0 Å². The average Bonchev–Trinajstić information content (AvgIpc) is 2.34. The van der Waals surface area contributed by atoms with Crippen LogP contribution in [-0.2, 0) is 4.79 Å². The predicted octanol–water partition coefficient (Wildman–Crippen LogP) is 1.82. The van der Waals surface area contributed by atoms with Crippen molar-refractivity contribution in [1.29, 1.82) is 0 Å². The summed E-state index contributed by atoms with van der Waals surface area (Å²) in [6, 6.07) is 0. The van der Waals surface area contributed by atoms with Crippen molar-refractivity contribution in [2.24, 2.45) is 0 Å². The van der Waals surface area contributed by atoms with Crippen LogP contribution in [0.25, 0.3) is 0 Å². The van der Waals surface area contributed by atoms with Crippen LogP contribution in [0.2, 0.25) is 0 Å². The number of carbonyl (C=O) groups excluding carboxylic acids is 1. The van der Waals surface area contributed by atoms with Gasteiger partial charge in [-0.25, -0.2) is 0 Å². The fourth-order valence-corrected chi connectivity index (χ4v) is 1.78. The Hall–Kier alpha value is -0.610. The average molecular weight is 258 g/mol. The zero-order valence-electron chi connectivity index (χ0n) is 12.0. The number of aliphatic hydroxyl groups excluding tert-OH is 1. The molecule has 0 bridgehead atoms. The first-order valence-electron chi connectivity index (χ1n) is 7.36. The van der Waals surface area contributed by atoms with E-state index in [0.29, 0.717) is 19.5 Å². The molecule has 3 N–H and O–H groups in total. The molecular formula is C14H30N2O2. The summed E-state index contributed by atoms with van der Waals surface area (Å²) in [5.74, 6) is 0.111. The van der Waals surface area contributed by atoms with E-state index in [2.05, 4.69) is 17.6 Å². The van der Waals surface area contributed by atoms with Crippen LogP contribution < -0.4 is 10.6 Å². The number of hydrogen-bond donors (Lipinski definition) is 3. The number of nitrogens with one attached hydrogen (secondary N) is 2. The van der Waals surface area contributed by atoms with Crippen molar-refractivity contribution in [2.45, 2.75) is 64.9 Å². The van der Waals surface area contributed by atoms with Crippen molar-refractivity contribution in [3.63, 3.8) is 0 Å². The highest BCUT2D eigenvalue weighted by atomic mass is 16.3. The lowest BCUT2D eigenvalue weighted by atomic mass is 10.1. The normalized spacial score (nSPS) is 12.4. The molecule has 0 heterocycles. The summed E-state index contributed by atoms with van der Waals surface area (Å²) < 4.78 is 0. The van der Waals surface area contributed by atoms with Crippen LogP contribution in [-0.4, -0.2) is 36.8 Å². The van der Waals surface area contributed by atoms with Gasteiger partial charge >= 0.3 is 0 Å². The first-order chi connectivity index (χ1) is 8.70. The topological polar surface area (TPSA) is 61.4 Å². The van der Waals surface area contributed by atoms with E-state index in [9.17, 15) is 9.90 Å². The van der Waals surface area contributed by atoms with Crippen LogP contribution >= 0.6 is 0 Å². The molecule has 0 radical (unpaired) electrons. The van der Waals surface area contributed by atoms with E-state index in [-0.39, 0.29) is 12.0 Å². The molecule has 0 saturated heterocycles. The van der Waals surface area contributed by atoms with Gasteiger partial charge in [-0.15, -0.1) is 0 Å². The molecule has 1 amide bonds. The number of carbonyl (C=O) groups is 1. The van der Waals surface area contributed by atoms with Crippen molar-refractivity contribution in [2.75, 3.05) is 19.6 Å². The number of aliphatic hydroxyl groups is 1. The highest BCUT2D eigenvalue weighted by Gasteiger charge is 2.03. The standard InChI is InChI=1S/C14H30N2O2/c1-3-5-6-7-9-13(17)12-15-10-11-16-14(18)8-4-2/h13,15,17H,3-12H2,1-2H3,(H,16,18). The molecule has 0 rings (SSSR count). The molecule has 108 valence electrons. The van der Waals surface area contributed by atoms with Gasteiger partial charge in [-0.1, -0.05) is 39.5 Å². The molecular weight excluding hydrogens is 228 g/mol. The molecule has 4 nitrogen and oxygen atoms in total. The third-order valence-corrected chi connectivity index (χ3v) is 2.87. The van der Waals surface area contributed by atoms with Crippen LogP contribution in [0.5, 0.6) is 0 Å². The Bertz CT molecular complexity index is 198. The van der Waals surface area contributed by atoms with Crippen molar-refractivity contribution in [3.8, 4) is 0 Å². The van der Waals surface area contributed by atoms with Gasteiger partial charge in [0.1, 0.15) is 0 Å². The molecule has 18 heavy (non-hydrogen) atoms. The minimum Gasteiger partial charge on any atom is -0.392 e. The van der Waals surface area contributed by atoms with Gasteiger partial charge in [0.2, 0.25) is 5.91 Å². The first-order valence-corrected chi connectivity index (χ1v) is 7.36. The molecule has 4 heteroatoms. The smallest absolute Gasteiger partial charge is 0.220 e. The van der Waals surface area contributed by atoms with E-state index in [1.165, 1.54) is 19.3 Å². The van der Waals surface area contributed by atoms with Crippen molar-refractivity contribution in [3.05, 3.63) is 0 Å². The molecule has 1 atom stereocenters. The second-order valence-electron chi connectivity index (χ2n) is 4.81. The zero-order valence-corrected chi connectivity index (χ0v) is 12.0. The minimum atomic E-state index is -0.256. The third-order valence-electron chi connectivity index (χ3n) is 2.87. The van der Waals surface area contributed by atoms with Gasteiger partial charge in [0.05, 0.1) is 6.10 Å². The van der Waals surface area contributed by atoms with Gasteiger partial charge in [-0.2, -0.15) is 0 Å². The predicted molar refractivity (Wildman–Crippen MR) is 75.6 cm³/mol. The number of amides is 1. The lowest BCUT2D eigenvalue weighted by molar-refractivity contribution is -0.121. The maximum Gasteiger partial charge on any atom is 0.220 e. The molecule has 0 aromatic heterocycles. The fourth-order valence-electron chi connectivity index (χ4n) is 1.78. The summed E-state index contributed by atoms with van der Waals surface area (Å²) >= 11 is 0. The molecule has 1 unspecified atom stereocenters. The third kappa shape index (κ3) is 11.9. The van der Waals surface area contributed by atoms with Gasteiger partial charge in [-0.05, 0) is 12.8 Å². The molecule has 0 aliphatic heterocycles. The number of hydrogen-bond acceptors (Lipinski definition) is 3. The Morgan fingerprint density at radius 1 is 1.11 bits per heavy atom. The number of rotatable bonds is 12. The largest absolute Gasteiger partial charge is 0.392 e. The summed E-state index contributed by atoms with van der Waals surface area (Å²) in [4.78, 5) is 11.2. The maximum absolute atomic E-state index is 11.2. The lowest BCUT2D eigenvalue weighted by Gasteiger charge is -2.12. The molecule has 0 aliphatic rings. The molecule has 0 aromatic rings. The van der Waals surface area contributed by atoms with E-state index in [0.717, 1.165) is 25.8 Å². The van der Waals surface area contributed by atoms with Crippen molar-refractivity contribution < 1.29 is 9.90 Å². The second kappa shape index (κ2) is 12.8. The summed E-state index contributed by atoms with van der Waals surface area (Å²) in [5, 5.41) is 15.7. The summed E-state index contributed by atoms with van der Waals surface area (Å²) in [6.07, 6.45) is 6.89. The SMILES string of the molecule is CCCCCCC(O)CNCCNC(=O)CCC. The van der Waals surface area contributed by atoms with E-state index in [1.807, 2.05) is 6.92 Å². The van der Waals surface area contributed by atoms with Crippen LogP contribution in [0.1, 0.15) is 58.8 Å². The van der Waals surface area contributed by atoms with Gasteiger partial charge in [-0.3, -0.25) is 4.79 Å². The quantitative estimate of drug-likeness (QED) is 0.468. The Kier molecular flexibility index (Phi) is 12.4.